The summed E-state index contributed by atoms with van der Waals surface area (Å²) in [7, 11) is 0. The number of ether oxygens (including phenoxy) is 4. The normalized spacial score (nSPS) is 21.5. The molecule has 4 nitrogen and oxygen atoms in total. The van der Waals surface area contributed by atoms with Crippen LogP contribution in [0, 0.1) is 0 Å². The first-order valence-corrected chi connectivity index (χ1v) is 11.1. The summed E-state index contributed by atoms with van der Waals surface area (Å²) < 4.78 is 24.5. The van der Waals surface area contributed by atoms with Crippen molar-refractivity contribution in [3.05, 3.63) is 120 Å². The molecule has 166 valence electrons. The molecule has 4 heteroatoms. The first kappa shape index (κ1) is 22.3. The van der Waals surface area contributed by atoms with E-state index in [0.29, 0.717) is 13.2 Å². The van der Waals surface area contributed by atoms with Gasteiger partial charge in [0.15, 0.2) is 6.29 Å². The second kappa shape index (κ2) is 10.6. The van der Waals surface area contributed by atoms with Crippen molar-refractivity contribution >= 4 is 0 Å². The molecule has 1 fully saturated rings. The quantitative estimate of drug-likeness (QED) is 0.341. The Morgan fingerprint density at radius 2 is 1.34 bits per heavy atom. The first-order chi connectivity index (χ1) is 15.7. The fourth-order valence-corrected chi connectivity index (χ4v) is 4.14. The minimum atomic E-state index is -0.792. The van der Waals surface area contributed by atoms with Crippen molar-refractivity contribution in [2.75, 3.05) is 13.2 Å². The molecule has 0 aliphatic carbocycles. The fourth-order valence-electron chi connectivity index (χ4n) is 4.14. The molecule has 0 bridgehead atoms. The molecule has 3 aromatic rings. The molecule has 3 atom stereocenters. The van der Waals surface area contributed by atoms with Crippen LogP contribution in [-0.2, 0) is 24.5 Å². The highest BCUT2D eigenvalue weighted by atomic mass is 16.7. The van der Waals surface area contributed by atoms with Crippen LogP contribution in [0.3, 0.4) is 0 Å². The lowest BCUT2D eigenvalue weighted by Gasteiger charge is -2.40. The predicted molar refractivity (Wildman–Crippen MR) is 125 cm³/mol. The second-order valence-corrected chi connectivity index (χ2v) is 7.81. The van der Waals surface area contributed by atoms with E-state index in [-0.39, 0.29) is 18.5 Å². The highest BCUT2D eigenvalue weighted by molar-refractivity contribution is 5.47. The van der Waals surface area contributed by atoms with E-state index in [4.69, 9.17) is 18.9 Å². The van der Waals surface area contributed by atoms with E-state index in [0.717, 1.165) is 16.7 Å². The molecule has 0 N–H and O–H groups in total. The van der Waals surface area contributed by atoms with E-state index in [2.05, 4.69) is 36.4 Å². The summed E-state index contributed by atoms with van der Waals surface area (Å²) in [5.74, 6) is 0. The molecule has 0 saturated carbocycles. The van der Waals surface area contributed by atoms with Crippen LogP contribution >= 0.6 is 0 Å². The first-order valence-electron chi connectivity index (χ1n) is 11.1. The van der Waals surface area contributed by atoms with Crippen molar-refractivity contribution < 1.29 is 18.9 Å². The zero-order valence-electron chi connectivity index (χ0n) is 18.6. The van der Waals surface area contributed by atoms with Crippen LogP contribution in [0.5, 0.6) is 0 Å². The van der Waals surface area contributed by atoms with Gasteiger partial charge in [0.05, 0.1) is 19.5 Å². The van der Waals surface area contributed by atoms with Crippen LogP contribution < -0.4 is 0 Å². The molecule has 4 rings (SSSR count). The molecule has 0 aromatic heterocycles. The molecule has 0 radical (unpaired) electrons. The number of hydrogen-bond acceptors (Lipinski definition) is 4. The third-order valence-electron chi connectivity index (χ3n) is 5.67. The van der Waals surface area contributed by atoms with Gasteiger partial charge in [-0.2, -0.15) is 0 Å². The predicted octanol–water partition coefficient (Wildman–Crippen LogP) is 5.68. The second-order valence-electron chi connectivity index (χ2n) is 7.81. The van der Waals surface area contributed by atoms with Gasteiger partial charge in [-0.05, 0) is 30.5 Å². The van der Waals surface area contributed by atoms with Crippen molar-refractivity contribution in [3.8, 4) is 0 Å². The summed E-state index contributed by atoms with van der Waals surface area (Å²) in [5.41, 5.74) is 2.38. The fraction of sp³-hybridized carbons (Fsp3) is 0.286. The number of hydrogen-bond donors (Lipinski definition) is 0. The van der Waals surface area contributed by atoms with Crippen molar-refractivity contribution in [3.63, 3.8) is 0 Å². The highest BCUT2D eigenvalue weighted by Gasteiger charge is 2.40. The zero-order chi connectivity index (χ0) is 22.2. The lowest BCUT2D eigenvalue weighted by atomic mass is 9.80. The summed E-state index contributed by atoms with van der Waals surface area (Å²) >= 11 is 0. The summed E-state index contributed by atoms with van der Waals surface area (Å²) in [6, 6.07) is 31.0. The number of benzene rings is 3. The highest BCUT2D eigenvalue weighted by Crippen LogP contribution is 2.41. The summed E-state index contributed by atoms with van der Waals surface area (Å²) in [6.45, 7) is 4.62. The van der Waals surface area contributed by atoms with Crippen molar-refractivity contribution in [1.82, 2.24) is 0 Å². The number of allylic oxidation sites excluding steroid dienone is 1. The van der Waals surface area contributed by atoms with Gasteiger partial charge >= 0.3 is 0 Å². The van der Waals surface area contributed by atoms with Gasteiger partial charge in [0, 0.05) is 0 Å². The lowest BCUT2D eigenvalue weighted by Crippen LogP contribution is -2.48. The van der Waals surface area contributed by atoms with Crippen LogP contribution in [0.15, 0.2) is 103 Å². The van der Waals surface area contributed by atoms with Crippen molar-refractivity contribution in [2.24, 2.45) is 0 Å². The van der Waals surface area contributed by atoms with E-state index in [1.165, 1.54) is 0 Å². The van der Waals surface area contributed by atoms with Crippen LogP contribution in [0.25, 0.3) is 0 Å². The van der Waals surface area contributed by atoms with Crippen molar-refractivity contribution in [1.29, 1.82) is 0 Å². The summed E-state index contributed by atoms with van der Waals surface area (Å²) in [6.07, 6.45) is 2.71. The average Bonchev–Trinajstić information content (AvgIpc) is 2.86. The minimum absolute atomic E-state index is 0.248. The summed E-state index contributed by atoms with van der Waals surface area (Å²) in [5, 5.41) is 0. The van der Waals surface area contributed by atoms with E-state index in [1.54, 1.807) is 6.26 Å². The van der Waals surface area contributed by atoms with Crippen LogP contribution in [0.4, 0.5) is 0 Å². The van der Waals surface area contributed by atoms with Gasteiger partial charge in [0.2, 0.25) is 0 Å². The molecular weight excluding hydrogens is 400 g/mol. The maximum atomic E-state index is 6.90. The Bertz CT molecular complexity index is 875. The Hall–Kier alpha value is -2.92. The van der Waals surface area contributed by atoms with Gasteiger partial charge in [-0.25, -0.2) is 0 Å². The zero-order valence-corrected chi connectivity index (χ0v) is 18.6. The van der Waals surface area contributed by atoms with Gasteiger partial charge in [0.25, 0.3) is 0 Å². The van der Waals surface area contributed by atoms with Gasteiger partial charge in [-0.3, -0.25) is 0 Å². The monoisotopic (exact) mass is 430 g/mol. The Balaban J connectivity index is 1.75. The molecular formula is C28H30O4. The van der Waals surface area contributed by atoms with Gasteiger partial charge in [0.1, 0.15) is 17.8 Å². The molecule has 0 unspecified atom stereocenters. The van der Waals surface area contributed by atoms with E-state index in [1.807, 2.05) is 74.5 Å². The Morgan fingerprint density at radius 1 is 0.844 bits per heavy atom. The van der Waals surface area contributed by atoms with Gasteiger partial charge in [-0.1, -0.05) is 97.1 Å². The van der Waals surface area contributed by atoms with Gasteiger partial charge in [-0.15, -0.1) is 0 Å². The SMILES string of the molecule is C/C=C/O[C@@H]1CO[C@@H](C)O[C@H]1COC(c1ccccc1)(c1ccccc1)c1ccccc1. The molecule has 1 saturated heterocycles. The maximum absolute atomic E-state index is 6.90. The molecule has 32 heavy (non-hydrogen) atoms. The molecule has 1 aliphatic heterocycles. The molecule has 0 spiro atoms. The van der Waals surface area contributed by atoms with Crippen molar-refractivity contribution in [2.45, 2.75) is 37.9 Å². The Labute approximate surface area is 190 Å². The van der Waals surface area contributed by atoms with E-state index < -0.39 is 5.60 Å². The Kier molecular flexibility index (Phi) is 7.38. The van der Waals surface area contributed by atoms with E-state index >= 15 is 0 Å². The molecule has 3 aromatic carbocycles. The molecule has 1 aliphatic rings. The minimum Gasteiger partial charge on any atom is -0.493 e. The lowest BCUT2D eigenvalue weighted by molar-refractivity contribution is -0.259. The van der Waals surface area contributed by atoms with E-state index in [9.17, 15) is 0 Å². The van der Waals surface area contributed by atoms with Gasteiger partial charge < -0.3 is 18.9 Å². The number of rotatable bonds is 8. The standard InChI is InChI=1S/C28H30O4/c1-3-19-29-26-20-30-22(2)32-27(26)21-31-28(23-13-7-4-8-14-23,24-15-9-5-10-16-24)25-17-11-6-12-18-25/h3-19,22,26-27H,20-21H2,1-2H3/b19-3+/t22-,26-,27+/m1/s1. The molecule has 0 amide bonds. The third-order valence-corrected chi connectivity index (χ3v) is 5.67. The molecule has 1 heterocycles. The average molecular weight is 431 g/mol. The topological polar surface area (TPSA) is 36.9 Å². The smallest absolute Gasteiger partial charge is 0.155 e. The summed E-state index contributed by atoms with van der Waals surface area (Å²) in [4.78, 5) is 0. The van der Waals surface area contributed by atoms with Crippen LogP contribution in [-0.4, -0.2) is 31.7 Å². The Morgan fingerprint density at radius 3 is 1.81 bits per heavy atom. The third kappa shape index (κ3) is 4.78. The van der Waals surface area contributed by atoms with Crippen LogP contribution in [0.2, 0.25) is 0 Å². The maximum Gasteiger partial charge on any atom is 0.155 e. The van der Waals surface area contributed by atoms with Crippen LogP contribution in [0.1, 0.15) is 30.5 Å². The largest absolute Gasteiger partial charge is 0.493 e.